The van der Waals surface area contributed by atoms with Crippen LogP contribution < -0.4 is 0 Å². The molecule has 11 heteroatoms. The van der Waals surface area contributed by atoms with Crippen LogP contribution >= 0.6 is 0 Å². The van der Waals surface area contributed by atoms with Crippen LogP contribution in [-0.2, 0) is 23.8 Å². The largest absolute Gasteiger partial charge is 0.465 e. The van der Waals surface area contributed by atoms with Gasteiger partial charge in [-0.05, 0) is 20.8 Å². The van der Waals surface area contributed by atoms with Gasteiger partial charge >= 0.3 is 30.1 Å². The van der Waals surface area contributed by atoms with E-state index in [9.17, 15) is 35.9 Å². The molecule has 0 aromatic heterocycles. The van der Waals surface area contributed by atoms with Crippen LogP contribution in [0.3, 0.4) is 0 Å². The second-order valence-corrected chi connectivity index (χ2v) is 5.43. The lowest BCUT2D eigenvalue weighted by atomic mass is 10.2. The molecular formula is C11H12F6O5. The highest BCUT2D eigenvalue weighted by Gasteiger charge is 2.80. The van der Waals surface area contributed by atoms with E-state index >= 15 is 0 Å². The number of hydrogen-bond donors (Lipinski definition) is 0. The summed E-state index contributed by atoms with van der Waals surface area (Å²) in [5.41, 5.74) is -1.04. The number of ether oxygens (including phenoxy) is 3. The molecule has 1 saturated heterocycles. The molecule has 5 nitrogen and oxygen atoms in total. The zero-order valence-corrected chi connectivity index (χ0v) is 11.6. The molecule has 0 aliphatic carbocycles. The maximum Gasteiger partial charge on any atom is 0.465 e. The Morgan fingerprint density at radius 1 is 1.14 bits per heavy atom. The molecule has 1 aliphatic rings. The zero-order chi connectivity index (χ0) is 17.6. The third kappa shape index (κ3) is 3.62. The van der Waals surface area contributed by atoms with E-state index in [4.69, 9.17) is 4.74 Å². The van der Waals surface area contributed by atoms with Crippen molar-refractivity contribution in [1.29, 1.82) is 0 Å². The molecule has 1 atom stereocenters. The fourth-order valence-electron chi connectivity index (χ4n) is 1.55. The minimum atomic E-state index is -6.05. The van der Waals surface area contributed by atoms with E-state index in [0.29, 0.717) is 0 Å². The quantitative estimate of drug-likeness (QED) is 0.572. The van der Waals surface area contributed by atoms with Crippen molar-refractivity contribution in [3.63, 3.8) is 0 Å². The number of hydrogen-bond acceptors (Lipinski definition) is 5. The Morgan fingerprint density at radius 3 is 1.91 bits per heavy atom. The molecule has 1 aliphatic heterocycles. The minimum Gasteiger partial charge on any atom is -0.460 e. The van der Waals surface area contributed by atoms with Gasteiger partial charge in [0.05, 0.1) is 6.42 Å². The molecule has 0 bridgehead atoms. The van der Waals surface area contributed by atoms with Gasteiger partial charge in [-0.1, -0.05) is 0 Å². The maximum atomic E-state index is 12.6. The van der Waals surface area contributed by atoms with Crippen LogP contribution in [0.5, 0.6) is 0 Å². The molecule has 1 heterocycles. The van der Waals surface area contributed by atoms with Gasteiger partial charge in [-0.3, -0.25) is 4.79 Å². The SMILES string of the molecule is CC(C)(C)OC(=O)C[C@@H]1OC(C(F)(F)F)(C(F)(F)F)OC1=O. The number of carbonyl (C=O) groups is 2. The molecule has 0 spiro atoms. The van der Waals surface area contributed by atoms with Crippen LogP contribution in [0.15, 0.2) is 0 Å². The van der Waals surface area contributed by atoms with Crippen LogP contribution in [-0.4, -0.2) is 41.8 Å². The predicted molar refractivity (Wildman–Crippen MR) is 56.3 cm³/mol. The average molecular weight is 338 g/mol. The summed E-state index contributed by atoms with van der Waals surface area (Å²) in [7, 11) is 0. The summed E-state index contributed by atoms with van der Waals surface area (Å²) in [6.45, 7) is 4.28. The summed E-state index contributed by atoms with van der Waals surface area (Å²) in [5, 5.41) is 0. The van der Waals surface area contributed by atoms with Crippen molar-refractivity contribution in [3.05, 3.63) is 0 Å². The van der Waals surface area contributed by atoms with E-state index in [1.165, 1.54) is 20.8 Å². The molecule has 1 fully saturated rings. The van der Waals surface area contributed by atoms with E-state index in [1.807, 2.05) is 0 Å². The smallest absolute Gasteiger partial charge is 0.460 e. The van der Waals surface area contributed by atoms with E-state index in [2.05, 4.69) is 9.47 Å². The van der Waals surface area contributed by atoms with Crippen molar-refractivity contribution in [2.45, 2.75) is 57.0 Å². The summed E-state index contributed by atoms with van der Waals surface area (Å²) in [6, 6.07) is 0. The number of cyclic esters (lactones) is 1. The van der Waals surface area contributed by atoms with Crippen molar-refractivity contribution >= 4 is 11.9 Å². The second-order valence-electron chi connectivity index (χ2n) is 5.43. The molecule has 0 radical (unpaired) electrons. The first kappa shape index (κ1) is 18.5. The lowest BCUT2D eigenvalue weighted by molar-refractivity contribution is -0.439. The Morgan fingerprint density at radius 2 is 1.59 bits per heavy atom. The number of carbonyl (C=O) groups excluding carboxylic acids is 2. The van der Waals surface area contributed by atoms with Crippen molar-refractivity contribution in [1.82, 2.24) is 0 Å². The lowest BCUT2D eigenvalue weighted by Gasteiger charge is -2.30. The Labute approximate surface area is 120 Å². The first-order valence-corrected chi connectivity index (χ1v) is 5.85. The van der Waals surface area contributed by atoms with Gasteiger partial charge in [0.25, 0.3) is 0 Å². The Balaban J connectivity index is 2.96. The molecule has 22 heavy (non-hydrogen) atoms. The van der Waals surface area contributed by atoms with Crippen molar-refractivity contribution in [2.75, 3.05) is 0 Å². The summed E-state index contributed by atoms with van der Waals surface area (Å²) in [6.07, 6.45) is -15.6. The molecule has 1 rings (SSSR count). The summed E-state index contributed by atoms with van der Waals surface area (Å²) in [5.74, 6) is -8.22. The van der Waals surface area contributed by atoms with Gasteiger partial charge in [0.1, 0.15) is 5.60 Å². The van der Waals surface area contributed by atoms with Gasteiger partial charge in [0.2, 0.25) is 0 Å². The number of rotatable bonds is 2. The van der Waals surface area contributed by atoms with Gasteiger partial charge in [0.15, 0.2) is 6.10 Å². The van der Waals surface area contributed by atoms with E-state index in [1.54, 1.807) is 0 Å². The molecule has 0 saturated carbocycles. The van der Waals surface area contributed by atoms with Gasteiger partial charge in [-0.25, -0.2) is 4.79 Å². The fourth-order valence-corrected chi connectivity index (χ4v) is 1.55. The Bertz CT molecular complexity index is 447. The number of esters is 2. The standard InChI is InChI=1S/C11H12F6O5/c1-8(2,3)21-6(18)4-5-7(19)22-9(20-5,10(12,13)14)11(15,16)17/h5H,4H2,1-3H3/t5-/m0/s1. The lowest BCUT2D eigenvalue weighted by Crippen LogP contribution is -2.58. The third-order valence-electron chi connectivity index (χ3n) is 2.33. The average Bonchev–Trinajstić information content (AvgIpc) is 2.52. The van der Waals surface area contributed by atoms with Crippen LogP contribution in [0.4, 0.5) is 26.3 Å². The number of alkyl halides is 6. The van der Waals surface area contributed by atoms with E-state index in [0.717, 1.165) is 0 Å². The summed E-state index contributed by atoms with van der Waals surface area (Å²) < 4.78 is 87.6. The molecule has 128 valence electrons. The van der Waals surface area contributed by atoms with Crippen LogP contribution in [0.25, 0.3) is 0 Å². The molecule has 0 aromatic rings. The fraction of sp³-hybridized carbons (Fsp3) is 0.818. The molecular weight excluding hydrogens is 326 g/mol. The molecule has 0 unspecified atom stereocenters. The first-order chi connectivity index (χ1) is 9.59. The maximum absolute atomic E-state index is 12.6. The van der Waals surface area contributed by atoms with Crippen molar-refractivity contribution in [2.24, 2.45) is 0 Å². The Kier molecular flexibility index (Phi) is 4.45. The van der Waals surface area contributed by atoms with Crippen LogP contribution in [0, 0.1) is 0 Å². The second kappa shape index (κ2) is 5.28. The third-order valence-corrected chi connectivity index (χ3v) is 2.33. The Hall–Kier alpha value is -1.52. The molecule has 0 amide bonds. The van der Waals surface area contributed by atoms with Gasteiger partial charge < -0.3 is 14.2 Å². The van der Waals surface area contributed by atoms with Gasteiger partial charge in [-0.2, -0.15) is 26.3 Å². The van der Waals surface area contributed by atoms with E-state index in [-0.39, 0.29) is 0 Å². The van der Waals surface area contributed by atoms with Crippen molar-refractivity contribution < 1.29 is 50.1 Å². The zero-order valence-electron chi connectivity index (χ0n) is 11.6. The highest BCUT2D eigenvalue weighted by atomic mass is 19.4. The molecule has 0 N–H and O–H groups in total. The predicted octanol–water partition coefficient (Wildman–Crippen LogP) is 2.48. The minimum absolute atomic E-state index is 1.04. The summed E-state index contributed by atoms with van der Waals surface area (Å²) in [4.78, 5) is 22.6. The van der Waals surface area contributed by atoms with Gasteiger partial charge in [-0.15, -0.1) is 0 Å². The number of halogens is 6. The van der Waals surface area contributed by atoms with Crippen LogP contribution in [0.2, 0.25) is 0 Å². The highest BCUT2D eigenvalue weighted by Crippen LogP contribution is 2.50. The topological polar surface area (TPSA) is 61.8 Å². The first-order valence-electron chi connectivity index (χ1n) is 5.85. The highest BCUT2D eigenvalue weighted by molar-refractivity contribution is 5.83. The van der Waals surface area contributed by atoms with Crippen LogP contribution in [0.1, 0.15) is 27.2 Å². The summed E-state index contributed by atoms with van der Waals surface area (Å²) >= 11 is 0. The van der Waals surface area contributed by atoms with Gasteiger partial charge in [0, 0.05) is 0 Å². The monoisotopic (exact) mass is 338 g/mol. The molecule has 0 aromatic carbocycles. The van der Waals surface area contributed by atoms with E-state index < -0.39 is 48.2 Å². The normalized spacial score (nSPS) is 22.4. The van der Waals surface area contributed by atoms with Crippen molar-refractivity contribution in [3.8, 4) is 0 Å².